The Labute approximate surface area is 100 Å². The van der Waals surface area contributed by atoms with Gasteiger partial charge in [0.25, 0.3) is 0 Å². The molecular weight excluding hydrogens is 246 g/mol. The molecule has 2 rings (SSSR count). The molecule has 0 radical (unpaired) electrons. The molecule has 1 heterocycles. The molecule has 0 saturated carbocycles. The molecule has 0 aliphatic heterocycles. The van der Waals surface area contributed by atoms with Gasteiger partial charge in [-0.1, -0.05) is 0 Å². The van der Waals surface area contributed by atoms with Crippen LogP contribution in [-0.4, -0.2) is 9.97 Å². The first kappa shape index (κ1) is 11.7. The van der Waals surface area contributed by atoms with E-state index in [4.69, 9.17) is 5.14 Å². The van der Waals surface area contributed by atoms with E-state index in [9.17, 15) is 8.78 Å². The minimum atomic E-state index is -1.01. The van der Waals surface area contributed by atoms with E-state index < -0.39 is 11.6 Å². The number of benzene rings is 1. The molecule has 0 aliphatic carbocycles. The largest absolute Gasteiger partial charge is 0.322 e. The summed E-state index contributed by atoms with van der Waals surface area (Å²) in [7, 11) is 0. The lowest BCUT2D eigenvalue weighted by Gasteiger charge is -2.07. The predicted molar refractivity (Wildman–Crippen MR) is 61.7 cm³/mol. The number of hydrogen-bond acceptors (Lipinski definition) is 5. The average molecular weight is 254 g/mol. The van der Waals surface area contributed by atoms with E-state index in [1.807, 2.05) is 0 Å². The maximum atomic E-state index is 13.6. The van der Waals surface area contributed by atoms with Crippen molar-refractivity contribution in [1.29, 1.82) is 0 Å². The second-order valence-electron chi connectivity index (χ2n) is 3.05. The summed E-state index contributed by atoms with van der Waals surface area (Å²) < 4.78 is 27.0. The van der Waals surface area contributed by atoms with Gasteiger partial charge in [-0.15, -0.1) is 0 Å². The first-order valence-corrected chi connectivity index (χ1v) is 5.49. The van der Waals surface area contributed by atoms with Crippen LogP contribution in [0, 0.1) is 11.6 Å². The number of hydrogen-bond donors (Lipinski definition) is 2. The van der Waals surface area contributed by atoms with Crippen LogP contribution in [-0.2, 0) is 0 Å². The number of aromatic nitrogens is 2. The standard InChI is InChI=1S/C10H8F2N4S/c11-8-6(2-3-7(17-13)9(8)12)16-10-14-4-1-5-15-10/h1-5H,13H2,(H,14,15,16). The van der Waals surface area contributed by atoms with Gasteiger partial charge in [-0.2, -0.15) is 0 Å². The second-order valence-corrected chi connectivity index (χ2v) is 3.73. The molecule has 2 aromatic rings. The number of nitrogens with zero attached hydrogens (tertiary/aromatic N) is 2. The molecule has 0 spiro atoms. The van der Waals surface area contributed by atoms with Crippen molar-refractivity contribution < 1.29 is 8.78 Å². The Kier molecular flexibility index (Phi) is 3.50. The Morgan fingerprint density at radius 1 is 1.12 bits per heavy atom. The molecule has 88 valence electrons. The monoisotopic (exact) mass is 254 g/mol. The molecule has 3 N–H and O–H groups in total. The Bertz CT molecular complexity index is 521. The Hall–Kier alpha value is -1.73. The van der Waals surface area contributed by atoms with Crippen molar-refractivity contribution in [3.05, 3.63) is 42.2 Å². The summed E-state index contributed by atoms with van der Waals surface area (Å²) in [4.78, 5) is 7.74. The highest BCUT2D eigenvalue weighted by atomic mass is 32.2. The van der Waals surface area contributed by atoms with E-state index in [1.165, 1.54) is 24.5 Å². The van der Waals surface area contributed by atoms with Crippen molar-refractivity contribution in [2.24, 2.45) is 5.14 Å². The number of nitrogens with one attached hydrogen (secondary N) is 1. The second kappa shape index (κ2) is 5.07. The number of nitrogens with two attached hydrogens (primary N) is 1. The zero-order valence-corrected chi connectivity index (χ0v) is 9.34. The maximum Gasteiger partial charge on any atom is 0.227 e. The van der Waals surface area contributed by atoms with Gasteiger partial charge in [-0.25, -0.2) is 18.7 Å². The molecule has 0 fully saturated rings. The molecule has 0 unspecified atom stereocenters. The van der Waals surface area contributed by atoms with Crippen LogP contribution in [0.4, 0.5) is 20.4 Å². The maximum absolute atomic E-state index is 13.6. The smallest absolute Gasteiger partial charge is 0.227 e. The summed E-state index contributed by atoms with van der Waals surface area (Å²) in [6, 6.07) is 4.38. The van der Waals surface area contributed by atoms with Crippen LogP contribution in [0.2, 0.25) is 0 Å². The van der Waals surface area contributed by atoms with Gasteiger partial charge in [0.05, 0.1) is 10.6 Å². The van der Waals surface area contributed by atoms with Crippen LogP contribution in [0.3, 0.4) is 0 Å². The molecule has 4 nitrogen and oxygen atoms in total. The van der Waals surface area contributed by atoms with Crippen LogP contribution in [0.15, 0.2) is 35.5 Å². The van der Waals surface area contributed by atoms with Crippen LogP contribution in [0.1, 0.15) is 0 Å². The lowest BCUT2D eigenvalue weighted by atomic mass is 10.3. The van der Waals surface area contributed by atoms with E-state index in [2.05, 4.69) is 15.3 Å². The summed E-state index contributed by atoms with van der Waals surface area (Å²) in [5.41, 5.74) is -0.0356. The minimum Gasteiger partial charge on any atom is -0.322 e. The highest BCUT2D eigenvalue weighted by Crippen LogP contribution is 2.26. The molecule has 0 bridgehead atoms. The molecule has 0 saturated heterocycles. The van der Waals surface area contributed by atoms with Gasteiger partial charge < -0.3 is 5.32 Å². The fourth-order valence-corrected chi connectivity index (χ4v) is 1.54. The van der Waals surface area contributed by atoms with Crippen LogP contribution >= 0.6 is 11.9 Å². The summed E-state index contributed by atoms with van der Waals surface area (Å²) in [5, 5.41) is 7.76. The van der Waals surface area contributed by atoms with Crippen molar-refractivity contribution in [2.45, 2.75) is 4.90 Å². The third kappa shape index (κ3) is 2.51. The lowest BCUT2D eigenvalue weighted by Crippen LogP contribution is -2.01. The third-order valence-corrected chi connectivity index (χ3v) is 2.56. The van der Waals surface area contributed by atoms with Crippen molar-refractivity contribution in [2.75, 3.05) is 5.32 Å². The molecule has 0 aliphatic rings. The number of halogens is 2. The number of rotatable bonds is 3. The topological polar surface area (TPSA) is 63.8 Å². The molecular formula is C10H8F2N4S. The average Bonchev–Trinajstić information content (AvgIpc) is 2.37. The lowest BCUT2D eigenvalue weighted by molar-refractivity contribution is 0.494. The van der Waals surface area contributed by atoms with Crippen LogP contribution in [0.5, 0.6) is 0 Å². The van der Waals surface area contributed by atoms with E-state index >= 15 is 0 Å². The van der Waals surface area contributed by atoms with Gasteiger partial charge in [-0.05, 0) is 30.1 Å². The molecule has 0 amide bonds. The van der Waals surface area contributed by atoms with Gasteiger partial charge in [0.15, 0.2) is 11.6 Å². The van der Waals surface area contributed by atoms with Crippen molar-refractivity contribution >= 4 is 23.6 Å². The predicted octanol–water partition coefficient (Wildman–Crippen LogP) is 2.46. The molecule has 7 heteroatoms. The fourth-order valence-electron chi connectivity index (χ4n) is 1.20. The number of anilines is 2. The van der Waals surface area contributed by atoms with Crippen LogP contribution < -0.4 is 10.5 Å². The summed E-state index contributed by atoms with van der Waals surface area (Å²) in [6.07, 6.45) is 2.99. The quantitative estimate of drug-likeness (QED) is 0.824. The first-order valence-electron chi connectivity index (χ1n) is 4.61. The van der Waals surface area contributed by atoms with Gasteiger partial charge in [0.1, 0.15) is 0 Å². The summed E-state index contributed by atoms with van der Waals surface area (Å²) >= 11 is 0.651. The van der Waals surface area contributed by atoms with Gasteiger partial charge >= 0.3 is 0 Å². The zero-order valence-electron chi connectivity index (χ0n) is 8.52. The first-order chi connectivity index (χ1) is 8.22. The van der Waals surface area contributed by atoms with E-state index in [0.717, 1.165) is 0 Å². The Morgan fingerprint density at radius 2 is 1.82 bits per heavy atom. The van der Waals surface area contributed by atoms with E-state index in [1.54, 1.807) is 6.07 Å². The van der Waals surface area contributed by atoms with Crippen molar-refractivity contribution in [1.82, 2.24) is 9.97 Å². The highest BCUT2D eigenvalue weighted by Gasteiger charge is 2.13. The van der Waals surface area contributed by atoms with Gasteiger partial charge in [0, 0.05) is 12.4 Å². The van der Waals surface area contributed by atoms with Crippen molar-refractivity contribution in [3.8, 4) is 0 Å². The van der Waals surface area contributed by atoms with Gasteiger partial charge in [0.2, 0.25) is 5.95 Å². The van der Waals surface area contributed by atoms with E-state index in [-0.39, 0.29) is 16.5 Å². The molecule has 17 heavy (non-hydrogen) atoms. The van der Waals surface area contributed by atoms with Gasteiger partial charge in [-0.3, -0.25) is 5.14 Å². The Balaban J connectivity index is 2.32. The van der Waals surface area contributed by atoms with Crippen molar-refractivity contribution in [3.63, 3.8) is 0 Å². The zero-order chi connectivity index (χ0) is 12.3. The normalized spacial score (nSPS) is 10.3. The molecule has 0 atom stereocenters. The minimum absolute atomic E-state index is 0.0356. The Morgan fingerprint density at radius 3 is 2.47 bits per heavy atom. The highest BCUT2D eigenvalue weighted by molar-refractivity contribution is 7.97. The third-order valence-electron chi connectivity index (χ3n) is 1.99. The molecule has 1 aromatic carbocycles. The SMILES string of the molecule is NSc1ccc(Nc2ncccn2)c(F)c1F. The summed E-state index contributed by atoms with van der Waals surface area (Å²) in [5.74, 6) is -1.80. The fraction of sp³-hybridized carbons (Fsp3) is 0. The van der Waals surface area contributed by atoms with E-state index in [0.29, 0.717) is 11.9 Å². The molecule has 1 aromatic heterocycles. The van der Waals surface area contributed by atoms with Crippen LogP contribution in [0.25, 0.3) is 0 Å². The summed E-state index contributed by atoms with van der Waals surface area (Å²) in [6.45, 7) is 0.